The third kappa shape index (κ3) is 4.58. The smallest absolute Gasteiger partial charge is 0.233 e. The molecule has 0 fully saturated rings. The first-order chi connectivity index (χ1) is 10.9. The monoisotopic (exact) mass is 332 g/mol. The highest BCUT2D eigenvalue weighted by Gasteiger charge is 2.19. The van der Waals surface area contributed by atoms with Gasteiger partial charge in [0.25, 0.3) is 0 Å². The van der Waals surface area contributed by atoms with Crippen LogP contribution in [0.4, 0.5) is 0 Å². The average Bonchev–Trinajstić information content (AvgIpc) is 2.85. The van der Waals surface area contributed by atoms with Crippen molar-refractivity contribution in [1.82, 2.24) is 20.1 Å². The lowest BCUT2D eigenvalue weighted by atomic mass is 10.1. The third-order valence-electron chi connectivity index (χ3n) is 3.45. The Labute approximate surface area is 141 Å². The molecule has 1 amide bonds. The van der Waals surface area contributed by atoms with Crippen LogP contribution in [0.25, 0.3) is 11.4 Å². The summed E-state index contributed by atoms with van der Waals surface area (Å²) >= 11 is 1.43. The standard InChI is InChI=1S/C17H24N4OS/c1-11(2)10-18-16(22)13(4)23-17-20-19-15(21(17)5)14-8-6-7-12(3)9-14/h6-9,11,13H,10H2,1-5H3,(H,18,22). The van der Waals surface area contributed by atoms with Gasteiger partial charge in [-0.1, -0.05) is 49.4 Å². The molecule has 1 aromatic carbocycles. The quantitative estimate of drug-likeness (QED) is 0.826. The molecule has 1 atom stereocenters. The minimum Gasteiger partial charge on any atom is -0.355 e. The lowest BCUT2D eigenvalue weighted by molar-refractivity contribution is -0.120. The minimum atomic E-state index is -0.206. The van der Waals surface area contributed by atoms with Gasteiger partial charge in [-0.3, -0.25) is 4.79 Å². The van der Waals surface area contributed by atoms with Crippen molar-refractivity contribution in [1.29, 1.82) is 0 Å². The van der Waals surface area contributed by atoms with Gasteiger partial charge >= 0.3 is 0 Å². The molecule has 0 aliphatic heterocycles. The predicted molar refractivity (Wildman–Crippen MR) is 94.3 cm³/mol. The molecular formula is C17H24N4OS. The summed E-state index contributed by atoms with van der Waals surface area (Å²) in [5.41, 5.74) is 2.21. The molecule has 0 aliphatic carbocycles. The minimum absolute atomic E-state index is 0.0313. The van der Waals surface area contributed by atoms with E-state index in [1.54, 1.807) is 0 Å². The van der Waals surface area contributed by atoms with E-state index >= 15 is 0 Å². The van der Waals surface area contributed by atoms with Gasteiger partial charge in [0.1, 0.15) is 0 Å². The maximum atomic E-state index is 12.1. The van der Waals surface area contributed by atoms with Crippen molar-refractivity contribution in [2.24, 2.45) is 13.0 Å². The summed E-state index contributed by atoms with van der Waals surface area (Å²) in [6.07, 6.45) is 0. The molecule has 2 rings (SSSR count). The number of hydrogen-bond acceptors (Lipinski definition) is 4. The molecule has 0 aliphatic rings. The van der Waals surface area contributed by atoms with Crippen molar-refractivity contribution in [3.05, 3.63) is 29.8 Å². The van der Waals surface area contributed by atoms with Crippen molar-refractivity contribution in [3.8, 4) is 11.4 Å². The van der Waals surface area contributed by atoms with Gasteiger partial charge in [0.15, 0.2) is 11.0 Å². The molecule has 1 heterocycles. The van der Waals surface area contributed by atoms with E-state index in [0.29, 0.717) is 12.5 Å². The zero-order chi connectivity index (χ0) is 17.0. The number of aryl methyl sites for hydroxylation is 1. The number of nitrogens with zero attached hydrogens (tertiary/aromatic N) is 3. The Balaban J connectivity index is 2.09. The highest BCUT2D eigenvalue weighted by Crippen LogP contribution is 2.26. The van der Waals surface area contributed by atoms with E-state index in [9.17, 15) is 4.79 Å². The zero-order valence-electron chi connectivity index (χ0n) is 14.3. The fraction of sp³-hybridized carbons (Fsp3) is 0.471. The van der Waals surface area contributed by atoms with Crippen LogP contribution < -0.4 is 5.32 Å². The number of benzene rings is 1. The summed E-state index contributed by atoms with van der Waals surface area (Å²) in [6, 6.07) is 8.16. The molecular weight excluding hydrogens is 308 g/mol. The van der Waals surface area contributed by atoms with Gasteiger partial charge in [0, 0.05) is 19.2 Å². The van der Waals surface area contributed by atoms with Crippen molar-refractivity contribution in [2.45, 2.75) is 38.1 Å². The summed E-state index contributed by atoms with van der Waals surface area (Å²) in [6.45, 7) is 8.79. The summed E-state index contributed by atoms with van der Waals surface area (Å²) in [5, 5.41) is 12.0. The highest BCUT2D eigenvalue weighted by atomic mass is 32.2. The molecule has 0 saturated carbocycles. The predicted octanol–water partition coefficient (Wildman–Crippen LogP) is 3.04. The molecule has 0 saturated heterocycles. The molecule has 5 nitrogen and oxygen atoms in total. The summed E-state index contributed by atoms with van der Waals surface area (Å²) < 4.78 is 1.94. The number of hydrogen-bond donors (Lipinski definition) is 1. The maximum absolute atomic E-state index is 12.1. The fourth-order valence-corrected chi connectivity index (χ4v) is 2.95. The molecule has 124 valence electrons. The second-order valence-electron chi connectivity index (χ2n) is 6.13. The van der Waals surface area contributed by atoms with Gasteiger partial charge in [-0.25, -0.2) is 0 Å². The van der Waals surface area contributed by atoms with Crippen molar-refractivity contribution < 1.29 is 4.79 Å². The van der Waals surface area contributed by atoms with Gasteiger partial charge < -0.3 is 9.88 Å². The number of carbonyl (C=O) groups is 1. The van der Waals surface area contributed by atoms with Crippen LogP contribution >= 0.6 is 11.8 Å². The first-order valence-electron chi connectivity index (χ1n) is 7.79. The second kappa shape index (κ2) is 7.64. The average molecular weight is 332 g/mol. The SMILES string of the molecule is Cc1cccc(-c2nnc(SC(C)C(=O)NCC(C)C)n2C)c1. The van der Waals surface area contributed by atoms with Gasteiger partial charge in [0.05, 0.1) is 5.25 Å². The van der Waals surface area contributed by atoms with Crippen LogP contribution in [0.1, 0.15) is 26.3 Å². The van der Waals surface area contributed by atoms with E-state index < -0.39 is 0 Å². The summed E-state index contributed by atoms with van der Waals surface area (Å²) in [5.74, 6) is 1.29. The Morgan fingerprint density at radius 2 is 2.04 bits per heavy atom. The molecule has 2 aromatic rings. The molecule has 1 unspecified atom stereocenters. The Bertz CT molecular complexity index is 681. The van der Waals surface area contributed by atoms with Crippen LogP contribution in [0.3, 0.4) is 0 Å². The summed E-state index contributed by atoms with van der Waals surface area (Å²) in [7, 11) is 1.93. The molecule has 0 radical (unpaired) electrons. The van der Waals surface area contributed by atoms with Crippen LogP contribution in [0, 0.1) is 12.8 Å². The van der Waals surface area contributed by atoms with E-state index in [1.807, 2.05) is 30.7 Å². The molecule has 1 N–H and O–H groups in total. The van der Waals surface area contributed by atoms with E-state index in [1.165, 1.54) is 17.3 Å². The van der Waals surface area contributed by atoms with Crippen LogP contribution in [0.5, 0.6) is 0 Å². The third-order valence-corrected chi connectivity index (χ3v) is 4.58. The normalized spacial score (nSPS) is 12.4. The number of nitrogens with one attached hydrogen (secondary N) is 1. The van der Waals surface area contributed by atoms with Gasteiger partial charge in [-0.2, -0.15) is 0 Å². The number of rotatable bonds is 6. The zero-order valence-corrected chi connectivity index (χ0v) is 15.1. The molecule has 1 aromatic heterocycles. The highest BCUT2D eigenvalue weighted by molar-refractivity contribution is 8.00. The van der Waals surface area contributed by atoms with Gasteiger partial charge in [0.2, 0.25) is 5.91 Å². The van der Waals surface area contributed by atoms with Crippen molar-refractivity contribution in [3.63, 3.8) is 0 Å². The molecule has 6 heteroatoms. The maximum Gasteiger partial charge on any atom is 0.233 e. The number of amides is 1. The Kier molecular flexibility index (Phi) is 5.82. The first-order valence-corrected chi connectivity index (χ1v) is 8.67. The first kappa shape index (κ1) is 17.5. The van der Waals surface area contributed by atoms with Gasteiger partial charge in [-0.05, 0) is 25.8 Å². The van der Waals surface area contributed by atoms with Crippen LogP contribution in [0.2, 0.25) is 0 Å². The number of aromatic nitrogens is 3. The number of carbonyl (C=O) groups excluding carboxylic acids is 1. The second-order valence-corrected chi connectivity index (χ2v) is 7.44. The Hall–Kier alpha value is -1.82. The lowest BCUT2D eigenvalue weighted by Crippen LogP contribution is -2.33. The van der Waals surface area contributed by atoms with E-state index in [-0.39, 0.29) is 11.2 Å². The molecule has 23 heavy (non-hydrogen) atoms. The van der Waals surface area contributed by atoms with Crippen molar-refractivity contribution >= 4 is 17.7 Å². The lowest BCUT2D eigenvalue weighted by Gasteiger charge is -2.13. The van der Waals surface area contributed by atoms with Crippen molar-refractivity contribution in [2.75, 3.05) is 6.54 Å². The van der Waals surface area contributed by atoms with Gasteiger partial charge in [-0.15, -0.1) is 10.2 Å². The largest absolute Gasteiger partial charge is 0.355 e. The molecule has 0 spiro atoms. The van der Waals surface area contributed by atoms with E-state index in [2.05, 4.69) is 48.4 Å². The van der Waals surface area contributed by atoms with Crippen LogP contribution in [0.15, 0.2) is 29.4 Å². The molecule has 0 bridgehead atoms. The van der Waals surface area contributed by atoms with E-state index in [4.69, 9.17) is 0 Å². The topological polar surface area (TPSA) is 59.8 Å². The van der Waals surface area contributed by atoms with Crippen LogP contribution in [-0.2, 0) is 11.8 Å². The van der Waals surface area contributed by atoms with E-state index in [0.717, 1.165) is 16.5 Å². The fourth-order valence-electron chi connectivity index (χ4n) is 2.11. The van der Waals surface area contributed by atoms with Crippen LogP contribution in [-0.4, -0.2) is 32.5 Å². The summed E-state index contributed by atoms with van der Waals surface area (Å²) in [4.78, 5) is 12.1. The number of thioether (sulfide) groups is 1. The Morgan fingerprint density at radius 3 is 2.70 bits per heavy atom. The Morgan fingerprint density at radius 1 is 1.30 bits per heavy atom.